The van der Waals surface area contributed by atoms with Crippen molar-refractivity contribution in [3.05, 3.63) is 17.1 Å². The molecule has 6 nitrogen and oxygen atoms in total. The maximum atomic E-state index is 10.9. The number of hydrogen-bond donors (Lipinski definition) is 1. The van der Waals surface area contributed by atoms with E-state index < -0.39 is 5.97 Å². The van der Waals surface area contributed by atoms with Gasteiger partial charge >= 0.3 is 5.97 Å². The Morgan fingerprint density at radius 1 is 1.45 bits per heavy atom. The van der Waals surface area contributed by atoms with E-state index in [1.54, 1.807) is 0 Å². The maximum Gasteiger partial charge on any atom is 0.365 e. The van der Waals surface area contributed by atoms with Crippen LogP contribution in [0.25, 0.3) is 10.3 Å². The first-order valence-electron chi connectivity index (χ1n) is 6.47. The Morgan fingerprint density at radius 3 is 2.90 bits per heavy atom. The highest BCUT2D eigenvalue weighted by atomic mass is 32.1. The van der Waals surface area contributed by atoms with Crippen molar-refractivity contribution in [1.29, 1.82) is 0 Å². The molecule has 0 saturated carbocycles. The topological polar surface area (TPSA) is 69.6 Å². The summed E-state index contributed by atoms with van der Waals surface area (Å²) in [5, 5.41) is 9.06. The lowest BCUT2D eigenvalue weighted by molar-refractivity contribution is 0.0696. The van der Waals surface area contributed by atoms with E-state index in [1.165, 1.54) is 0 Å². The molecule has 7 heteroatoms. The molecule has 1 aliphatic rings. The number of pyridine rings is 1. The predicted molar refractivity (Wildman–Crippen MR) is 78.7 cm³/mol. The van der Waals surface area contributed by atoms with E-state index in [9.17, 15) is 4.79 Å². The lowest BCUT2D eigenvalue weighted by atomic mass is 10.2. The van der Waals surface area contributed by atoms with Gasteiger partial charge in [0.05, 0.1) is 0 Å². The van der Waals surface area contributed by atoms with Gasteiger partial charge in [-0.1, -0.05) is 11.3 Å². The monoisotopic (exact) mass is 292 g/mol. The van der Waals surface area contributed by atoms with Crippen LogP contribution in [0.15, 0.2) is 12.1 Å². The molecule has 0 amide bonds. The van der Waals surface area contributed by atoms with Crippen molar-refractivity contribution in [1.82, 2.24) is 14.9 Å². The van der Waals surface area contributed by atoms with Crippen molar-refractivity contribution in [2.45, 2.75) is 12.5 Å². The Kier molecular flexibility index (Phi) is 3.31. The van der Waals surface area contributed by atoms with E-state index in [0.717, 1.165) is 36.7 Å². The molecule has 0 spiro atoms. The summed E-state index contributed by atoms with van der Waals surface area (Å²) >= 11 is 1.13. The molecule has 106 valence electrons. The van der Waals surface area contributed by atoms with Gasteiger partial charge in [0, 0.05) is 19.1 Å². The summed E-state index contributed by atoms with van der Waals surface area (Å²) in [7, 11) is 4.18. The first kappa shape index (κ1) is 13.3. The molecular weight excluding hydrogens is 276 g/mol. The number of rotatable bonds is 3. The number of carboxylic acids is 1. The number of likely N-dealkylation sites (N-methyl/N-ethyl adjacent to an activating group) is 1. The highest BCUT2D eigenvalue weighted by Crippen LogP contribution is 2.26. The highest BCUT2D eigenvalue weighted by Gasteiger charge is 2.25. The fourth-order valence-corrected chi connectivity index (χ4v) is 3.22. The molecule has 1 fully saturated rings. The van der Waals surface area contributed by atoms with Crippen molar-refractivity contribution < 1.29 is 9.90 Å². The molecular formula is C13H16N4O2S. The first-order chi connectivity index (χ1) is 9.54. The van der Waals surface area contributed by atoms with Crippen LogP contribution < -0.4 is 4.90 Å². The van der Waals surface area contributed by atoms with E-state index in [-0.39, 0.29) is 5.01 Å². The third-order valence-electron chi connectivity index (χ3n) is 3.64. The van der Waals surface area contributed by atoms with Crippen molar-refractivity contribution in [3.8, 4) is 0 Å². The average molecular weight is 292 g/mol. The zero-order valence-corrected chi connectivity index (χ0v) is 12.2. The lowest BCUT2D eigenvalue weighted by Gasteiger charge is -2.20. The van der Waals surface area contributed by atoms with E-state index in [0.29, 0.717) is 16.4 Å². The summed E-state index contributed by atoms with van der Waals surface area (Å²) < 4.78 is 0. The van der Waals surface area contributed by atoms with Crippen LogP contribution in [-0.2, 0) is 0 Å². The maximum absolute atomic E-state index is 10.9. The second-order valence-electron chi connectivity index (χ2n) is 5.17. The van der Waals surface area contributed by atoms with Gasteiger partial charge in [0.15, 0.2) is 0 Å². The van der Waals surface area contributed by atoms with Crippen LogP contribution in [0.4, 0.5) is 5.82 Å². The van der Waals surface area contributed by atoms with Crippen molar-refractivity contribution in [2.75, 3.05) is 32.1 Å². The number of carbonyl (C=O) groups is 1. The summed E-state index contributed by atoms with van der Waals surface area (Å²) in [6.07, 6.45) is 1.12. The summed E-state index contributed by atoms with van der Waals surface area (Å²) in [6, 6.07) is 4.32. The van der Waals surface area contributed by atoms with Gasteiger partial charge in [-0.2, -0.15) is 0 Å². The molecule has 2 aromatic heterocycles. The average Bonchev–Trinajstić information content (AvgIpc) is 3.04. The third-order valence-corrected chi connectivity index (χ3v) is 4.59. The Balaban J connectivity index is 1.88. The molecule has 1 N–H and O–H groups in total. The van der Waals surface area contributed by atoms with Gasteiger partial charge in [-0.3, -0.25) is 0 Å². The number of fused-ring (bicyclic) bond motifs is 1. The summed E-state index contributed by atoms with van der Waals surface area (Å²) in [5.74, 6) is -0.0918. The molecule has 1 saturated heterocycles. The molecule has 3 heterocycles. The minimum absolute atomic E-state index is 0.0947. The van der Waals surface area contributed by atoms with Crippen LogP contribution in [0.2, 0.25) is 0 Å². The Labute approximate surface area is 120 Å². The minimum atomic E-state index is -0.997. The molecule has 1 atom stereocenters. The lowest BCUT2D eigenvalue weighted by Crippen LogP contribution is -2.31. The van der Waals surface area contributed by atoms with Gasteiger partial charge in [0.2, 0.25) is 5.01 Å². The Bertz CT molecular complexity index is 655. The zero-order chi connectivity index (χ0) is 14.3. The standard InChI is InChI=1S/C13H16N4O2S/c1-16(2)8-5-6-17(7-8)10-4-3-9-11(15-10)20-12(14-9)13(18)19/h3-4,8H,5-7H2,1-2H3,(H,18,19). The van der Waals surface area contributed by atoms with Gasteiger partial charge in [-0.15, -0.1) is 0 Å². The van der Waals surface area contributed by atoms with Gasteiger partial charge in [0.25, 0.3) is 0 Å². The van der Waals surface area contributed by atoms with Crippen LogP contribution in [0.1, 0.15) is 16.2 Å². The van der Waals surface area contributed by atoms with E-state index in [2.05, 4.69) is 33.9 Å². The quantitative estimate of drug-likeness (QED) is 0.925. The zero-order valence-electron chi connectivity index (χ0n) is 11.4. The van der Waals surface area contributed by atoms with Crippen LogP contribution in [0.3, 0.4) is 0 Å². The van der Waals surface area contributed by atoms with Gasteiger partial charge in [-0.05, 0) is 32.6 Å². The van der Waals surface area contributed by atoms with Crippen LogP contribution in [0, 0.1) is 0 Å². The number of aromatic nitrogens is 2. The second kappa shape index (κ2) is 4.99. The third kappa shape index (κ3) is 2.34. The first-order valence-corrected chi connectivity index (χ1v) is 7.28. The number of aromatic carboxylic acids is 1. The normalized spacial score (nSPS) is 19.1. The van der Waals surface area contributed by atoms with Crippen molar-refractivity contribution >= 4 is 33.5 Å². The van der Waals surface area contributed by atoms with Crippen molar-refractivity contribution in [2.24, 2.45) is 0 Å². The molecule has 2 aromatic rings. The van der Waals surface area contributed by atoms with Crippen LogP contribution in [-0.4, -0.2) is 59.2 Å². The number of carboxylic acid groups (broad SMARTS) is 1. The SMILES string of the molecule is CN(C)C1CCN(c2ccc3nc(C(=O)O)sc3n2)C1. The van der Waals surface area contributed by atoms with Crippen LogP contribution >= 0.6 is 11.3 Å². The Morgan fingerprint density at radius 2 is 2.25 bits per heavy atom. The molecule has 0 radical (unpaired) electrons. The summed E-state index contributed by atoms with van der Waals surface area (Å²) in [4.78, 5) is 24.7. The van der Waals surface area contributed by atoms with Crippen molar-refractivity contribution in [3.63, 3.8) is 0 Å². The molecule has 0 bridgehead atoms. The largest absolute Gasteiger partial charge is 0.476 e. The number of hydrogen-bond acceptors (Lipinski definition) is 6. The van der Waals surface area contributed by atoms with E-state index in [4.69, 9.17) is 5.11 Å². The van der Waals surface area contributed by atoms with Crippen LogP contribution in [0.5, 0.6) is 0 Å². The fourth-order valence-electron chi connectivity index (χ4n) is 2.45. The number of thiazole rings is 1. The molecule has 0 aliphatic carbocycles. The number of anilines is 1. The molecule has 3 rings (SSSR count). The van der Waals surface area contributed by atoms with E-state index >= 15 is 0 Å². The molecule has 1 unspecified atom stereocenters. The fraction of sp³-hybridized carbons (Fsp3) is 0.462. The molecule has 0 aromatic carbocycles. The summed E-state index contributed by atoms with van der Waals surface area (Å²) in [6.45, 7) is 1.93. The molecule has 1 aliphatic heterocycles. The van der Waals surface area contributed by atoms with Gasteiger partial charge < -0.3 is 14.9 Å². The van der Waals surface area contributed by atoms with Gasteiger partial charge in [-0.25, -0.2) is 14.8 Å². The van der Waals surface area contributed by atoms with E-state index in [1.807, 2.05) is 12.1 Å². The molecule has 20 heavy (non-hydrogen) atoms. The second-order valence-corrected chi connectivity index (χ2v) is 6.15. The van der Waals surface area contributed by atoms with Gasteiger partial charge in [0.1, 0.15) is 16.2 Å². The Hall–Kier alpha value is -1.73. The predicted octanol–water partition coefficient (Wildman–Crippen LogP) is 1.53. The number of nitrogens with zero attached hydrogens (tertiary/aromatic N) is 4. The highest BCUT2D eigenvalue weighted by molar-refractivity contribution is 7.19. The summed E-state index contributed by atoms with van der Waals surface area (Å²) in [5.41, 5.74) is 0.652. The minimum Gasteiger partial charge on any atom is -0.476 e. The smallest absolute Gasteiger partial charge is 0.365 e.